The van der Waals surface area contributed by atoms with Gasteiger partial charge >= 0.3 is 0 Å². The normalized spacial score (nSPS) is 12.9. The molecule has 0 bridgehead atoms. The van der Waals surface area contributed by atoms with Crippen LogP contribution in [0, 0.1) is 11.3 Å². The lowest BCUT2D eigenvalue weighted by Crippen LogP contribution is -1.96. The Morgan fingerprint density at radius 1 is 1.10 bits per heavy atom. The van der Waals surface area contributed by atoms with Crippen LogP contribution in [0.4, 0.5) is 0 Å². The first-order valence-corrected chi connectivity index (χ1v) is 8.41. The lowest BCUT2D eigenvalue weighted by molar-refractivity contribution is 0.436. The molecule has 0 saturated carbocycles. The smallest absolute Gasteiger partial charge is 0.000239 e. The van der Waals surface area contributed by atoms with Crippen LogP contribution in [0.2, 0.25) is 0 Å². The van der Waals surface area contributed by atoms with Gasteiger partial charge in [0.05, 0.1) is 0 Å². The third kappa shape index (κ3) is 17.2. The Hall–Kier alpha value is -0.850. The van der Waals surface area contributed by atoms with E-state index in [2.05, 4.69) is 52.8 Å². The molecule has 1 atom stereocenters. The zero-order valence-corrected chi connectivity index (χ0v) is 14.5. The largest absolute Gasteiger partial charge is 0.313 e. The minimum atomic E-state index is 0.797. The summed E-state index contributed by atoms with van der Waals surface area (Å²) in [4.78, 5) is 0. The molecule has 0 radical (unpaired) electrons. The summed E-state index contributed by atoms with van der Waals surface area (Å²) >= 11 is 0. The van der Waals surface area contributed by atoms with Crippen LogP contribution < -0.4 is 0 Å². The third-order valence-corrected chi connectivity index (χ3v) is 3.48. The average molecular weight is 280 g/mol. The molecular weight excluding hydrogens is 242 g/mol. The summed E-state index contributed by atoms with van der Waals surface area (Å²) < 4.78 is 0. The molecule has 0 aromatic carbocycles. The number of hydrogen-bond donors (Lipinski definition) is 1. The van der Waals surface area contributed by atoms with E-state index < -0.39 is 0 Å². The molecule has 0 fully saturated rings. The van der Waals surface area contributed by atoms with Gasteiger partial charge in [-0.2, -0.15) is 0 Å². The maximum absolute atomic E-state index is 6.76. The van der Waals surface area contributed by atoms with Crippen molar-refractivity contribution in [3.8, 4) is 0 Å². The van der Waals surface area contributed by atoms with Gasteiger partial charge in [0, 0.05) is 6.42 Å². The van der Waals surface area contributed by atoms with E-state index in [0.29, 0.717) is 0 Å². The van der Waals surface area contributed by atoms with Gasteiger partial charge in [-0.05, 0) is 45.2 Å². The molecule has 20 heavy (non-hydrogen) atoms. The van der Waals surface area contributed by atoms with E-state index in [1.54, 1.807) is 0 Å². The highest BCUT2D eigenvalue weighted by Gasteiger charge is 2.02. The van der Waals surface area contributed by atoms with Crippen LogP contribution in [0.5, 0.6) is 0 Å². The van der Waals surface area contributed by atoms with E-state index >= 15 is 0 Å². The molecule has 0 amide bonds. The quantitative estimate of drug-likeness (QED) is 0.331. The molecular formula is C19H37N. The van der Waals surface area contributed by atoms with Gasteiger partial charge in [-0.25, -0.2) is 0 Å². The van der Waals surface area contributed by atoms with E-state index in [0.717, 1.165) is 12.3 Å². The first-order valence-electron chi connectivity index (χ1n) is 8.41. The molecule has 0 aromatic heterocycles. The predicted molar refractivity (Wildman–Crippen MR) is 94.8 cm³/mol. The standard InChI is InChI=1S/C11H22.C8H15N/c1-4-7-8-10-11(6-3)9-5-2;1-3-5-8(2)6-4-7-9/h4,7,11H,5-6,8-10H2,1-3H3;6-7,9H,3-5H2,1-2H3/b7-4+;8-6+,9-7?. The summed E-state index contributed by atoms with van der Waals surface area (Å²) in [6.45, 7) is 11.0. The van der Waals surface area contributed by atoms with Crippen LogP contribution in [0.25, 0.3) is 0 Å². The summed E-state index contributed by atoms with van der Waals surface area (Å²) in [6, 6.07) is 0. The molecule has 118 valence electrons. The van der Waals surface area contributed by atoms with Crippen LogP contribution in [0.1, 0.15) is 86.0 Å². The molecule has 0 aliphatic heterocycles. The van der Waals surface area contributed by atoms with E-state index in [1.807, 2.05) is 0 Å². The minimum absolute atomic E-state index is 0.797. The average Bonchev–Trinajstić information content (AvgIpc) is 2.45. The maximum atomic E-state index is 6.76. The van der Waals surface area contributed by atoms with Crippen molar-refractivity contribution in [2.75, 3.05) is 0 Å². The zero-order chi connectivity index (χ0) is 15.6. The monoisotopic (exact) mass is 279 g/mol. The van der Waals surface area contributed by atoms with Gasteiger partial charge in [0.2, 0.25) is 0 Å². The molecule has 1 unspecified atom stereocenters. The lowest BCUT2D eigenvalue weighted by atomic mass is 9.95. The second kappa shape index (κ2) is 18.1. The molecule has 0 saturated heterocycles. The predicted octanol–water partition coefficient (Wildman–Crippen LogP) is 6.94. The number of rotatable bonds is 10. The highest BCUT2D eigenvalue weighted by Crippen LogP contribution is 2.16. The van der Waals surface area contributed by atoms with Crippen molar-refractivity contribution in [1.82, 2.24) is 0 Å². The first-order chi connectivity index (χ1) is 9.65. The molecule has 0 aromatic rings. The molecule has 0 rings (SSSR count). The first kappa shape index (κ1) is 21.4. The molecule has 0 aliphatic carbocycles. The Kier molecular flexibility index (Phi) is 19.5. The molecule has 0 spiro atoms. The summed E-state index contributed by atoms with van der Waals surface area (Å²) in [7, 11) is 0. The topological polar surface area (TPSA) is 23.9 Å². The Balaban J connectivity index is 0. The van der Waals surface area contributed by atoms with Crippen LogP contribution in [-0.4, -0.2) is 6.21 Å². The van der Waals surface area contributed by atoms with Crippen LogP contribution in [0.15, 0.2) is 23.8 Å². The van der Waals surface area contributed by atoms with E-state index in [4.69, 9.17) is 5.41 Å². The van der Waals surface area contributed by atoms with Crippen molar-refractivity contribution in [1.29, 1.82) is 5.41 Å². The van der Waals surface area contributed by atoms with Crippen molar-refractivity contribution >= 4 is 6.21 Å². The third-order valence-electron chi connectivity index (χ3n) is 3.48. The molecule has 0 heterocycles. The highest BCUT2D eigenvalue weighted by atomic mass is 14.3. The van der Waals surface area contributed by atoms with Gasteiger partial charge in [-0.1, -0.05) is 70.3 Å². The van der Waals surface area contributed by atoms with Crippen molar-refractivity contribution in [2.45, 2.75) is 86.0 Å². The van der Waals surface area contributed by atoms with Crippen LogP contribution >= 0.6 is 0 Å². The molecule has 0 aliphatic rings. The number of allylic oxidation sites excluding steroid dienone is 4. The Morgan fingerprint density at radius 3 is 2.25 bits per heavy atom. The second-order valence-electron chi connectivity index (χ2n) is 5.45. The van der Waals surface area contributed by atoms with Crippen molar-refractivity contribution in [2.24, 2.45) is 5.92 Å². The molecule has 1 nitrogen and oxygen atoms in total. The van der Waals surface area contributed by atoms with Crippen LogP contribution in [-0.2, 0) is 0 Å². The Bertz CT molecular complexity index is 250. The fourth-order valence-corrected chi connectivity index (χ4v) is 2.22. The van der Waals surface area contributed by atoms with Crippen LogP contribution in [0.3, 0.4) is 0 Å². The van der Waals surface area contributed by atoms with Gasteiger partial charge in [-0.3, -0.25) is 0 Å². The van der Waals surface area contributed by atoms with Gasteiger partial charge in [0.25, 0.3) is 0 Å². The highest BCUT2D eigenvalue weighted by molar-refractivity contribution is 5.55. The minimum Gasteiger partial charge on any atom is -0.313 e. The summed E-state index contributed by atoms with van der Waals surface area (Å²) in [5.41, 5.74) is 1.40. The van der Waals surface area contributed by atoms with Crippen molar-refractivity contribution in [3.63, 3.8) is 0 Å². The van der Waals surface area contributed by atoms with Gasteiger partial charge in [0.15, 0.2) is 0 Å². The second-order valence-corrected chi connectivity index (χ2v) is 5.45. The van der Waals surface area contributed by atoms with Gasteiger partial charge in [0.1, 0.15) is 0 Å². The van der Waals surface area contributed by atoms with E-state index in [9.17, 15) is 0 Å². The van der Waals surface area contributed by atoms with Crippen molar-refractivity contribution < 1.29 is 0 Å². The Morgan fingerprint density at radius 2 is 1.80 bits per heavy atom. The number of hydrogen-bond acceptors (Lipinski definition) is 1. The van der Waals surface area contributed by atoms with Crippen molar-refractivity contribution in [3.05, 3.63) is 23.8 Å². The fourth-order valence-electron chi connectivity index (χ4n) is 2.22. The van der Waals surface area contributed by atoms with E-state index in [-0.39, 0.29) is 0 Å². The maximum Gasteiger partial charge on any atom is 0.000239 e. The summed E-state index contributed by atoms with van der Waals surface area (Å²) in [5.74, 6) is 0.969. The lowest BCUT2D eigenvalue weighted by Gasteiger charge is -2.11. The fraction of sp³-hybridized carbons (Fsp3) is 0.737. The Labute approximate surface area is 128 Å². The number of nitrogens with one attached hydrogen (secondary N) is 1. The molecule has 1 heteroatoms. The zero-order valence-electron chi connectivity index (χ0n) is 14.5. The SMILES string of the molecule is C/C=C/CCC(CC)CCC.CCC/C(C)=C/CC=N. The van der Waals surface area contributed by atoms with Gasteiger partial charge in [-0.15, -0.1) is 0 Å². The van der Waals surface area contributed by atoms with E-state index in [1.165, 1.54) is 56.7 Å². The summed E-state index contributed by atoms with van der Waals surface area (Å²) in [6.07, 6.45) is 17.9. The van der Waals surface area contributed by atoms with Gasteiger partial charge < -0.3 is 5.41 Å². The molecule has 1 N–H and O–H groups in total. The summed E-state index contributed by atoms with van der Waals surface area (Å²) in [5, 5.41) is 6.76.